The molecule has 1 saturated carbocycles. The minimum absolute atomic E-state index is 0.0330. The van der Waals surface area contributed by atoms with Gasteiger partial charge in [-0.1, -0.05) is 192 Å². The summed E-state index contributed by atoms with van der Waals surface area (Å²) in [6.45, 7) is 43.2. The summed E-state index contributed by atoms with van der Waals surface area (Å²) in [6.07, 6.45) is 29.9. The summed E-state index contributed by atoms with van der Waals surface area (Å²) in [5, 5.41) is 14.7. The molecule has 5 aromatic rings. The number of nitrogens with one attached hydrogen (secondary N) is 1. The van der Waals surface area contributed by atoms with E-state index in [1.807, 2.05) is 20.8 Å². The van der Waals surface area contributed by atoms with E-state index < -0.39 is 11.9 Å². The molecule has 544 valence electrons. The number of aromatic nitrogens is 3. The summed E-state index contributed by atoms with van der Waals surface area (Å²) < 4.78 is 50.9. The normalized spacial score (nSPS) is 17.5. The fourth-order valence-corrected chi connectivity index (χ4v) is 13.3. The van der Waals surface area contributed by atoms with Gasteiger partial charge < -0.3 is 20.1 Å². The van der Waals surface area contributed by atoms with Gasteiger partial charge in [0.1, 0.15) is 52.9 Å². The molecule has 2 amide bonds. The van der Waals surface area contributed by atoms with Crippen LogP contribution in [-0.4, -0.2) is 94.7 Å². The molecule has 97 heavy (non-hydrogen) atoms. The van der Waals surface area contributed by atoms with Crippen LogP contribution in [0.3, 0.4) is 0 Å². The standard InChI is InChI=1S/C26H26F2N4O.C24H37FN2O2.C12H26.C9H15NO2.C5H12.C4H8.C2H6/c1-4-18-21(27)8-7-16-10-17(33)11-19(22(16)18)24-23(28)25-20(12-29-24)26(31-15(3)30-25)32-9-5-6-14(2)13-32;1-7-10-13-19(12-9-3)20-15-16-21(17(4)23(20)25)27(18(5)28)22(14-11-8-2)24(29)26-6;1-5-8-12(7-3)10-9-11(4)6-2;11-7-12-6-9-4-3-8-2-1-5-10(8)9;1-4-5(2)3;1-4-2-3-4;1-2/h7-8,10-12,14,33H,4-6,9,13H2,1-3H3;8,15-16,19,22H,2,7,9-14H2,1,3-6H3,(H,26,29);11-12H,5-10H2,1-4H3;7-9H,1-6H2;5H,4H2,1-3H3;4H,2-3H2,1H3;1-2H3. The Hall–Kier alpha value is -6.09. The molecular weight excluding hydrogens is 1220 g/mol. The molecule has 5 heterocycles. The number of pyridine rings is 1. The summed E-state index contributed by atoms with van der Waals surface area (Å²) in [5.41, 5.74) is 2.64. The first-order chi connectivity index (χ1) is 46.5. The molecule has 3 aliphatic heterocycles. The van der Waals surface area contributed by atoms with Crippen molar-refractivity contribution >= 4 is 51.5 Å². The largest absolute Gasteiger partial charge is 0.508 e. The van der Waals surface area contributed by atoms with Crippen molar-refractivity contribution in [2.75, 3.05) is 43.1 Å². The molecule has 12 nitrogen and oxygen atoms in total. The average Bonchev–Trinajstić information content (AvgIpc) is 0.805. The zero-order valence-corrected chi connectivity index (χ0v) is 63.6. The van der Waals surface area contributed by atoms with Crippen LogP contribution in [0.4, 0.5) is 24.7 Å². The number of allylic oxidation sites excluding steroid dienone is 1. The van der Waals surface area contributed by atoms with Crippen molar-refractivity contribution in [1.29, 1.82) is 0 Å². The zero-order valence-electron chi connectivity index (χ0n) is 63.6. The second-order valence-corrected chi connectivity index (χ2v) is 27.9. The number of aromatic hydroxyl groups is 1. The molecule has 3 aromatic carbocycles. The number of benzene rings is 3. The van der Waals surface area contributed by atoms with E-state index in [0.717, 1.165) is 87.7 Å². The summed E-state index contributed by atoms with van der Waals surface area (Å²) in [5.74, 6) is 3.99. The Kier molecular flexibility index (Phi) is 40.0. The van der Waals surface area contributed by atoms with Gasteiger partial charge in [-0.25, -0.2) is 23.1 Å². The third kappa shape index (κ3) is 26.5. The van der Waals surface area contributed by atoms with Gasteiger partial charge in [0.05, 0.1) is 11.1 Å². The molecule has 2 N–H and O–H groups in total. The predicted molar refractivity (Wildman–Crippen MR) is 402 cm³/mol. The minimum atomic E-state index is -0.703. The zero-order chi connectivity index (χ0) is 72.3. The fourth-order valence-electron chi connectivity index (χ4n) is 13.3. The molecule has 0 radical (unpaired) electrons. The highest BCUT2D eigenvalue weighted by Crippen LogP contribution is 2.40. The summed E-state index contributed by atoms with van der Waals surface area (Å²) in [4.78, 5) is 54.6. The molecular formula is C82H130F3N7O5. The number of ether oxygens (including phenoxy) is 1. The van der Waals surface area contributed by atoms with Crippen LogP contribution in [0.2, 0.25) is 0 Å². The van der Waals surface area contributed by atoms with Crippen molar-refractivity contribution < 1.29 is 37.4 Å². The number of nitrogens with zero attached hydrogens (tertiary/aromatic N) is 6. The van der Waals surface area contributed by atoms with Gasteiger partial charge in [-0.15, -0.1) is 6.58 Å². The lowest BCUT2D eigenvalue weighted by molar-refractivity contribution is -0.130. The molecule has 15 heteroatoms. The van der Waals surface area contributed by atoms with Gasteiger partial charge in [0.25, 0.3) is 6.47 Å². The molecule has 0 spiro atoms. The van der Waals surface area contributed by atoms with Crippen LogP contribution in [0.1, 0.15) is 274 Å². The van der Waals surface area contributed by atoms with Crippen molar-refractivity contribution in [2.24, 2.45) is 29.6 Å². The number of likely N-dealkylation sites (N-methyl/N-ethyl adjacent to an activating group) is 1. The number of hydrogen-bond acceptors (Lipinski definition) is 10. The smallest absolute Gasteiger partial charge is 0.293 e. The van der Waals surface area contributed by atoms with Crippen molar-refractivity contribution in [2.45, 2.75) is 289 Å². The molecule has 4 fully saturated rings. The van der Waals surface area contributed by atoms with Crippen LogP contribution in [0.25, 0.3) is 32.9 Å². The maximum Gasteiger partial charge on any atom is 0.293 e. The third-order valence-electron chi connectivity index (χ3n) is 19.8. The number of phenolic OH excluding ortho intramolecular Hbond substituents is 1. The second kappa shape index (κ2) is 45.6. The lowest BCUT2D eigenvalue weighted by Crippen LogP contribution is -2.48. The number of phenols is 1. The Bertz CT molecular complexity index is 3140. The molecule has 3 saturated heterocycles. The number of aryl methyl sites for hydroxylation is 2. The second-order valence-electron chi connectivity index (χ2n) is 27.9. The number of rotatable bonds is 26. The van der Waals surface area contributed by atoms with E-state index in [9.17, 15) is 23.9 Å². The lowest BCUT2D eigenvalue weighted by Gasteiger charge is -2.32. The van der Waals surface area contributed by atoms with Crippen LogP contribution in [0.5, 0.6) is 5.75 Å². The molecule has 4 aliphatic rings. The maximum atomic E-state index is 16.0. The monoisotopic (exact) mass is 1350 g/mol. The number of unbranched alkanes of at least 4 members (excludes halogenated alkanes) is 1. The molecule has 2 aromatic heterocycles. The highest BCUT2D eigenvalue weighted by molar-refractivity contribution is 6.02. The number of carbonyl (C=O) groups is 3. The Balaban J connectivity index is 0.000000343. The maximum absolute atomic E-state index is 16.0. The lowest BCUT2D eigenvalue weighted by atomic mass is 9.88. The van der Waals surface area contributed by atoms with E-state index in [1.54, 1.807) is 57.4 Å². The summed E-state index contributed by atoms with van der Waals surface area (Å²) in [7, 11) is 1.54. The first-order valence-electron chi connectivity index (χ1n) is 37.8. The Morgan fingerprint density at radius 3 is 2.05 bits per heavy atom. The molecule has 9 rings (SSSR count). The Morgan fingerprint density at radius 1 is 0.804 bits per heavy atom. The topological polar surface area (TPSA) is 141 Å². The Morgan fingerprint density at radius 2 is 1.48 bits per heavy atom. The van der Waals surface area contributed by atoms with Crippen molar-refractivity contribution in [3.8, 4) is 17.0 Å². The van der Waals surface area contributed by atoms with Crippen molar-refractivity contribution in [3.05, 3.63) is 95.2 Å². The van der Waals surface area contributed by atoms with Gasteiger partial charge in [0.15, 0.2) is 5.82 Å². The van der Waals surface area contributed by atoms with Gasteiger partial charge in [-0.2, -0.15) is 0 Å². The minimum Gasteiger partial charge on any atom is -0.508 e. The van der Waals surface area contributed by atoms with Gasteiger partial charge in [-0.05, 0) is 173 Å². The number of halogens is 3. The number of hydrogen-bond donors (Lipinski definition) is 2. The molecule has 0 bridgehead atoms. The first-order valence-corrected chi connectivity index (χ1v) is 37.8. The van der Waals surface area contributed by atoms with Crippen LogP contribution in [0.15, 0.2) is 55.3 Å². The number of amides is 2. The highest BCUT2D eigenvalue weighted by atomic mass is 19.1. The van der Waals surface area contributed by atoms with Gasteiger partial charge in [0.2, 0.25) is 11.8 Å². The summed E-state index contributed by atoms with van der Waals surface area (Å²) in [6, 6.07) is 10.2. The SMILES string of the molecule is C=CCCC(C(=O)NC)N(C(C)=O)c1ccc(C(CCC)CCCC)c(F)c1C.CC.CC1CC1.CCC(C)C.CCCC(CC)CCC(C)CC.CCc1c(F)ccc2cc(O)cc(-c3ncc4c(N5CCCC(C)C5)nc(C)nc4c3F)c12.O=COCC1CCC2CCCN21. The predicted octanol–water partition coefficient (Wildman–Crippen LogP) is 21.5. The average molecular weight is 1350 g/mol. The molecule has 7 atom stereocenters. The summed E-state index contributed by atoms with van der Waals surface area (Å²) >= 11 is 0. The van der Waals surface area contributed by atoms with Crippen LogP contribution in [-0.2, 0) is 25.5 Å². The molecule has 1 aliphatic carbocycles. The quantitative estimate of drug-likeness (QED) is 0.0406. The first kappa shape index (κ1) is 85.1. The van der Waals surface area contributed by atoms with E-state index in [-0.39, 0.29) is 46.3 Å². The van der Waals surface area contributed by atoms with E-state index in [2.05, 4.69) is 113 Å². The van der Waals surface area contributed by atoms with Crippen LogP contribution >= 0.6 is 0 Å². The van der Waals surface area contributed by atoms with Gasteiger partial charge in [-0.3, -0.25) is 29.2 Å². The van der Waals surface area contributed by atoms with Crippen molar-refractivity contribution in [1.82, 2.24) is 25.2 Å². The fraction of sp³-hybridized carbons (Fsp3) is 0.659. The van der Waals surface area contributed by atoms with Gasteiger partial charge >= 0.3 is 0 Å². The van der Waals surface area contributed by atoms with Crippen molar-refractivity contribution in [3.63, 3.8) is 0 Å². The van der Waals surface area contributed by atoms with E-state index >= 15 is 8.78 Å². The number of piperidine rings is 1. The van der Waals surface area contributed by atoms with Crippen LogP contribution in [0, 0.1) is 60.9 Å². The van der Waals surface area contributed by atoms with E-state index in [0.29, 0.717) is 100 Å². The van der Waals surface area contributed by atoms with E-state index in [1.165, 1.54) is 114 Å². The van der Waals surface area contributed by atoms with E-state index in [4.69, 9.17) is 4.74 Å². The third-order valence-corrected chi connectivity index (χ3v) is 19.8. The van der Waals surface area contributed by atoms with Crippen LogP contribution < -0.4 is 15.1 Å². The number of carbonyl (C=O) groups excluding carboxylic acids is 3. The Labute approximate surface area is 585 Å². The molecule has 7 unspecified atom stereocenters. The highest BCUT2D eigenvalue weighted by Gasteiger charge is 2.37. The van der Waals surface area contributed by atoms with Gasteiger partial charge in [0, 0.05) is 56.5 Å². The number of anilines is 2. The number of fused-ring (bicyclic) bond motifs is 3.